The summed E-state index contributed by atoms with van der Waals surface area (Å²) in [5.74, 6) is 0.643. The van der Waals surface area contributed by atoms with Gasteiger partial charge in [0.25, 0.3) is 0 Å². The van der Waals surface area contributed by atoms with E-state index < -0.39 is 28.0 Å². The highest BCUT2D eigenvalue weighted by molar-refractivity contribution is 7.89. The number of carbonyl (C=O) groups excluding carboxylic acids is 2. The number of hydrogen-bond donors (Lipinski definition) is 2. The summed E-state index contributed by atoms with van der Waals surface area (Å²) in [5.41, 5.74) is 2.45. The van der Waals surface area contributed by atoms with Gasteiger partial charge in [-0.3, -0.25) is 4.79 Å². The van der Waals surface area contributed by atoms with Crippen LogP contribution in [0.2, 0.25) is 0 Å². The number of methoxy groups -OCH3 is 2. The number of piperazine rings is 1. The maximum absolute atomic E-state index is 13.6. The molecule has 0 bridgehead atoms. The number of ether oxygens (including phenoxy) is 2. The minimum atomic E-state index is -4.05. The molecule has 0 spiro atoms. The lowest BCUT2D eigenvalue weighted by Gasteiger charge is -2.39. The molecule has 0 radical (unpaired) electrons. The summed E-state index contributed by atoms with van der Waals surface area (Å²) in [4.78, 5) is 28.0. The fourth-order valence-corrected chi connectivity index (χ4v) is 5.83. The molecule has 1 aliphatic heterocycles. The molecule has 1 heterocycles. The predicted octanol–water partition coefficient (Wildman–Crippen LogP) is 3.24. The zero-order valence-corrected chi connectivity index (χ0v) is 22.9. The maximum atomic E-state index is 13.6. The van der Waals surface area contributed by atoms with Crippen molar-refractivity contribution in [2.75, 3.05) is 39.2 Å². The molecule has 1 atom stereocenters. The number of carbonyl (C=O) groups is 2. The molecule has 4 rings (SSSR count). The normalized spacial score (nSPS) is 15.9. The largest absolute Gasteiger partial charge is 0.497 e. The summed E-state index contributed by atoms with van der Waals surface area (Å²) in [6.45, 7) is 2.07. The Morgan fingerprint density at radius 1 is 0.923 bits per heavy atom. The van der Waals surface area contributed by atoms with Gasteiger partial charge in [0.05, 0.1) is 19.1 Å². The average molecular weight is 553 g/mol. The lowest BCUT2D eigenvalue weighted by molar-refractivity contribution is -0.126. The number of hydrogen-bond acceptors (Lipinski definition) is 6. The summed E-state index contributed by atoms with van der Waals surface area (Å²) in [7, 11) is -1.00. The number of amides is 3. The number of urea groups is 1. The molecule has 3 amide bonds. The van der Waals surface area contributed by atoms with E-state index in [0.29, 0.717) is 17.2 Å². The highest BCUT2D eigenvalue weighted by Crippen LogP contribution is 2.24. The van der Waals surface area contributed by atoms with Crippen LogP contribution in [0, 0.1) is 6.92 Å². The lowest BCUT2D eigenvalue weighted by atomic mass is 10.1. The second-order valence-corrected chi connectivity index (χ2v) is 11.0. The van der Waals surface area contributed by atoms with E-state index in [2.05, 4.69) is 10.6 Å². The van der Waals surface area contributed by atoms with E-state index in [9.17, 15) is 18.0 Å². The maximum Gasteiger partial charge on any atom is 0.321 e. The Balaban J connectivity index is 1.56. The van der Waals surface area contributed by atoms with Crippen molar-refractivity contribution in [3.05, 3.63) is 83.9 Å². The zero-order chi connectivity index (χ0) is 28.0. The van der Waals surface area contributed by atoms with E-state index in [0.717, 1.165) is 15.4 Å². The van der Waals surface area contributed by atoms with Crippen molar-refractivity contribution in [1.29, 1.82) is 0 Å². The number of anilines is 1. The lowest BCUT2D eigenvalue weighted by Crippen LogP contribution is -2.61. The smallest absolute Gasteiger partial charge is 0.321 e. The molecule has 1 unspecified atom stereocenters. The van der Waals surface area contributed by atoms with Gasteiger partial charge in [-0.25, -0.2) is 13.2 Å². The first-order valence-corrected chi connectivity index (χ1v) is 13.8. The Morgan fingerprint density at radius 3 is 2.28 bits per heavy atom. The zero-order valence-electron chi connectivity index (χ0n) is 22.1. The topological polar surface area (TPSA) is 117 Å². The van der Waals surface area contributed by atoms with E-state index in [4.69, 9.17) is 9.47 Å². The first kappa shape index (κ1) is 27.9. The van der Waals surface area contributed by atoms with Gasteiger partial charge in [0.15, 0.2) is 0 Å². The molecule has 1 saturated heterocycles. The average Bonchev–Trinajstić information content (AvgIpc) is 2.96. The van der Waals surface area contributed by atoms with Crippen LogP contribution in [0.5, 0.6) is 11.5 Å². The third-order valence-corrected chi connectivity index (χ3v) is 8.41. The second-order valence-electron chi connectivity index (χ2n) is 9.12. The molecule has 3 aromatic carbocycles. The first-order chi connectivity index (χ1) is 18.7. The van der Waals surface area contributed by atoms with Crippen LogP contribution in [-0.2, 0) is 21.4 Å². The van der Waals surface area contributed by atoms with Crippen LogP contribution in [-0.4, -0.2) is 69.5 Å². The molecule has 0 aliphatic carbocycles. The third kappa shape index (κ3) is 6.68. The highest BCUT2D eigenvalue weighted by Gasteiger charge is 2.41. The summed E-state index contributed by atoms with van der Waals surface area (Å²) < 4.78 is 38.8. The van der Waals surface area contributed by atoms with Gasteiger partial charge in [0.1, 0.15) is 17.5 Å². The molecule has 206 valence electrons. The molecule has 39 heavy (non-hydrogen) atoms. The summed E-state index contributed by atoms with van der Waals surface area (Å²) in [6.07, 6.45) is 0. The summed E-state index contributed by atoms with van der Waals surface area (Å²) >= 11 is 0. The van der Waals surface area contributed by atoms with E-state index in [1.807, 2.05) is 25.1 Å². The van der Waals surface area contributed by atoms with Crippen molar-refractivity contribution in [3.8, 4) is 11.5 Å². The van der Waals surface area contributed by atoms with Gasteiger partial charge in [-0.1, -0.05) is 29.8 Å². The van der Waals surface area contributed by atoms with Gasteiger partial charge in [-0.05, 0) is 61.0 Å². The number of aryl methyl sites for hydroxylation is 1. The van der Waals surface area contributed by atoms with Crippen LogP contribution < -0.4 is 20.1 Å². The van der Waals surface area contributed by atoms with E-state index in [1.165, 1.54) is 24.1 Å². The summed E-state index contributed by atoms with van der Waals surface area (Å²) in [6, 6.07) is 19.0. The molecule has 0 saturated carbocycles. The minimum absolute atomic E-state index is 0.0338. The molecule has 0 aromatic heterocycles. The standard InChI is InChI=1S/C28H32N4O6S/c1-20-7-9-22(10-8-20)30-28(34)31-15-16-32(39(35,36)25-13-11-23(37-2)12-14-25)26(19-31)27(33)29-18-21-5-4-6-24(17-21)38-3/h4-14,17,26H,15-16,18-19H2,1-3H3,(H,29,33)(H,30,34). The Bertz CT molecular complexity index is 1410. The van der Waals surface area contributed by atoms with Gasteiger partial charge in [0, 0.05) is 31.9 Å². The van der Waals surface area contributed by atoms with E-state index in [-0.39, 0.29) is 31.1 Å². The van der Waals surface area contributed by atoms with Crippen LogP contribution in [0.25, 0.3) is 0 Å². The quantitative estimate of drug-likeness (QED) is 0.443. The summed E-state index contributed by atoms with van der Waals surface area (Å²) in [5, 5.41) is 5.65. The molecular weight excluding hydrogens is 520 g/mol. The van der Waals surface area contributed by atoms with Crippen molar-refractivity contribution in [2.45, 2.75) is 24.4 Å². The molecule has 3 aromatic rings. The van der Waals surface area contributed by atoms with Gasteiger partial charge in [-0.15, -0.1) is 0 Å². The minimum Gasteiger partial charge on any atom is -0.497 e. The molecule has 11 heteroatoms. The number of sulfonamides is 1. The molecule has 2 N–H and O–H groups in total. The van der Waals surface area contributed by atoms with Crippen molar-refractivity contribution in [3.63, 3.8) is 0 Å². The van der Waals surface area contributed by atoms with Crippen LogP contribution in [0.3, 0.4) is 0 Å². The number of nitrogens with one attached hydrogen (secondary N) is 2. The van der Waals surface area contributed by atoms with Crippen LogP contribution in [0.15, 0.2) is 77.7 Å². The first-order valence-electron chi connectivity index (χ1n) is 12.4. The van der Waals surface area contributed by atoms with Crippen LogP contribution >= 0.6 is 0 Å². The van der Waals surface area contributed by atoms with Crippen LogP contribution in [0.1, 0.15) is 11.1 Å². The van der Waals surface area contributed by atoms with Gasteiger partial charge < -0.3 is 25.0 Å². The Kier molecular flexibility index (Phi) is 8.72. The van der Waals surface area contributed by atoms with Crippen molar-refractivity contribution < 1.29 is 27.5 Å². The number of rotatable bonds is 8. The molecular formula is C28H32N4O6S. The molecule has 1 fully saturated rings. The number of benzene rings is 3. The van der Waals surface area contributed by atoms with Crippen molar-refractivity contribution >= 4 is 27.6 Å². The Labute approximate surface area is 228 Å². The fraction of sp³-hybridized carbons (Fsp3) is 0.286. The Morgan fingerprint density at radius 2 is 1.62 bits per heavy atom. The van der Waals surface area contributed by atoms with E-state index in [1.54, 1.807) is 49.6 Å². The molecule has 10 nitrogen and oxygen atoms in total. The third-order valence-electron chi connectivity index (χ3n) is 6.49. The predicted molar refractivity (Wildman–Crippen MR) is 147 cm³/mol. The monoisotopic (exact) mass is 552 g/mol. The fourth-order valence-electron chi connectivity index (χ4n) is 4.26. The van der Waals surface area contributed by atoms with E-state index >= 15 is 0 Å². The molecule has 1 aliphatic rings. The van der Waals surface area contributed by atoms with Gasteiger partial charge in [-0.2, -0.15) is 4.31 Å². The highest BCUT2D eigenvalue weighted by atomic mass is 32.2. The number of nitrogens with zero attached hydrogens (tertiary/aromatic N) is 2. The van der Waals surface area contributed by atoms with Crippen molar-refractivity contribution in [2.24, 2.45) is 0 Å². The van der Waals surface area contributed by atoms with Crippen LogP contribution in [0.4, 0.5) is 10.5 Å². The Hall–Kier alpha value is -4.09. The SMILES string of the molecule is COc1ccc(S(=O)(=O)N2CCN(C(=O)Nc3ccc(C)cc3)CC2C(=O)NCc2cccc(OC)c2)cc1. The van der Waals surface area contributed by atoms with Gasteiger partial charge >= 0.3 is 6.03 Å². The second kappa shape index (κ2) is 12.2. The van der Waals surface area contributed by atoms with Crippen molar-refractivity contribution in [1.82, 2.24) is 14.5 Å². The van der Waals surface area contributed by atoms with Gasteiger partial charge in [0.2, 0.25) is 15.9 Å².